The van der Waals surface area contributed by atoms with Gasteiger partial charge < -0.3 is 10.6 Å². The summed E-state index contributed by atoms with van der Waals surface area (Å²) in [4.78, 5) is 22.7. The fourth-order valence-corrected chi connectivity index (χ4v) is 3.88. The number of carbonyl (C=O) groups is 1. The lowest BCUT2D eigenvalue weighted by atomic mass is 9.87. The van der Waals surface area contributed by atoms with Crippen molar-refractivity contribution >= 4 is 22.6 Å². The highest BCUT2D eigenvalue weighted by molar-refractivity contribution is 5.94. The van der Waals surface area contributed by atoms with Gasteiger partial charge in [-0.2, -0.15) is 0 Å². The molecule has 4 rings (SSSR count). The van der Waals surface area contributed by atoms with E-state index in [1.807, 2.05) is 23.1 Å². The van der Waals surface area contributed by atoms with Crippen molar-refractivity contribution in [2.75, 3.05) is 18.8 Å². The Kier molecular flexibility index (Phi) is 4.59. The zero-order valence-corrected chi connectivity index (χ0v) is 15.1. The number of anilines is 1. The van der Waals surface area contributed by atoms with Crippen LogP contribution < -0.4 is 5.73 Å². The van der Waals surface area contributed by atoms with Crippen LogP contribution in [0.5, 0.6) is 0 Å². The number of amides is 1. The first kappa shape index (κ1) is 17.2. The fourth-order valence-electron chi connectivity index (χ4n) is 3.88. The lowest BCUT2D eigenvalue weighted by molar-refractivity contribution is -0.127. The number of fused-ring (bicyclic) bond motifs is 1. The zero-order chi connectivity index (χ0) is 18.8. The minimum atomic E-state index is -0.0163. The predicted octanol–water partition coefficient (Wildman–Crippen LogP) is 3.77. The van der Waals surface area contributed by atoms with E-state index >= 15 is 0 Å². The van der Waals surface area contributed by atoms with E-state index in [0.29, 0.717) is 12.4 Å². The number of carbonyl (C=O) groups excluding carboxylic acids is 1. The number of piperidine rings is 1. The number of hydrogen-bond acceptors (Lipinski definition) is 4. The maximum atomic E-state index is 12.1. The summed E-state index contributed by atoms with van der Waals surface area (Å²) >= 11 is 0. The largest absolute Gasteiger partial charge is 0.383 e. The molecule has 1 unspecified atom stereocenters. The highest BCUT2D eigenvalue weighted by Crippen LogP contribution is 2.36. The standard InChI is InChI=1S/C22H22N4O/c1-2-20(27)26-10-6-9-16(13-26)18-11-17(15-7-4-3-5-8-15)12-19-21(18)24-14-25-22(19)23/h2-5,7-8,11-12,14,16H,1,6,9-10,13H2,(H2,23,24,25). The summed E-state index contributed by atoms with van der Waals surface area (Å²) in [5, 5.41) is 0.862. The van der Waals surface area contributed by atoms with E-state index in [1.54, 1.807) is 0 Å². The van der Waals surface area contributed by atoms with E-state index in [2.05, 4.69) is 40.8 Å². The van der Waals surface area contributed by atoms with Gasteiger partial charge >= 0.3 is 0 Å². The van der Waals surface area contributed by atoms with Gasteiger partial charge in [-0.25, -0.2) is 9.97 Å². The Morgan fingerprint density at radius 2 is 2.00 bits per heavy atom. The SMILES string of the molecule is C=CC(=O)N1CCCC(c2cc(-c3ccccc3)cc3c(N)ncnc23)C1. The van der Waals surface area contributed by atoms with Gasteiger partial charge in [-0.1, -0.05) is 36.9 Å². The molecule has 3 aromatic rings. The first-order chi connectivity index (χ1) is 13.2. The summed E-state index contributed by atoms with van der Waals surface area (Å²) < 4.78 is 0. The minimum Gasteiger partial charge on any atom is -0.383 e. The predicted molar refractivity (Wildman–Crippen MR) is 108 cm³/mol. The Hall–Kier alpha value is -3.21. The lowest BCUT2D eigenvalue weighted by Gasteiger charge is -2.33. The summed E-state index contributed by atoms with van der Waals surface area (Å²) in [5.74, 6) is 0.675. The van der Waals surface area contributed by atoms with Gasteiger partial charge in [0.15, 0.2) is 0 Å². The molecule has 1 fully saturated rings. The van der Waals surface area contributed by atoms with Gasteiger partial charge in [0.05, 0.1) is 5.52 Å². The molecule has 2 aromatic carbocycles. The molecule has 136 valence electrons. The average Bonchev–Trinajstić information content (AvgIpc) is 2.73. The van der Waals surface area contributed by atoms with Crippen LogP contribution in [-0.2, 0) is 4.79 Å². The molecule has 0 spiro atoms. The zero-order valence-electron chi connectivity index (χ0n) is 15.1. The molecular weight excluding hydrogens is 336 g/mol. The highest BCUT2D eigenvalue weighted by atomic mass is 16.2. The smallest absolute Gasteiger partial charge is 0.245 e. The van der Waals surface area contributed by atoms with Gasteiger partial charge in [0.1, 0.15) is 12.1 Å². The van der Waals surface area contributed by atoms with Crippen molar-refractivity contribution in [1.29, 1.82) is 0 Å². The Balaban J connectivity index is 1.85. The van der Waals surface area contributed by atoms with Crippen molar-refractivity contribution in [3.63, 3.8) is 0 Å². The molecule has 1 saturated heterocycles. The van der Waals surface area contributed by atoms with E-state index < -0.39 is 0 Å². The van der Waals surface area contributed by atoms with Crippen LogP contribution in [0.1, 0.15) is 24.3 Å². The second-order valence-electron chi connectivity index (χ2n) is 6.91. The summed E-state index contributed by atoms with van der Waals surface area (Å²) in [6.45, 7) is 5.06. The molecule has 1 aliphatic heterocycles. The summed E-state index contributed by atoms with van der Waals surface area (Å²) in [7, 11) is 0. The van der Waals surface area contributed by atoms with E-state index in [1.165, 1.54) is 12.4 Å². The Labute approximate surface area is 158 Å². The average molecular weight is 358 g/mol. The third kappa shape index (κ3) is 3.28. The monoisotopic (exact) mass is 358 g/mol. The van der Waals surface area contributed by atoms with Crippen molar-refractivity contribution in [2.24, 2.45) is 0 Å². The summed E-state index contributed by atoms with van der Waals surface area (Å²) in [6, 6.07) is 14.5. The van der Waals surface area contributed by atoms with Gasteiger partial charge in [-0.05, 0) is 47.7 Å². The second kappa shape index (κ2) is 7.19. The first-order valence-corrected chi connectivity index (χ1v) is 9.18. The van der Waals surface area contributed by atoms with Crippen molar-refractivity contribution < 1.29 is 4.79 Å². The maximum absolute atomic E-state index is 12.1. The Morgan fingerprint density at radius 1 is 1.19 bits per heavy atom. The Bertz CT molecular complexity index is 1000. The van der Waals surface area contributed by atoms with E-state index in [4.69, 9.17) is 5.73 Å². The van der Waals surface area contributed by atoms with Gasteiger partial charge in [0, 0.05) is 24.4 Å². The number of nitrogens with zero attached hydrogens (tertiary/aromatic N) is 3. The molecule has 1 amide bonds. The molecule has 1 atom stereocenters. The molecule has 5 nitrogen and oxygen atoms in total. The third-order valence-electron chi connectivity index (χ3n) is 5.25. The second-order valence-corrected chi connectivity index (χ2v) is 6.91. The molecule has 5 heteroatoms. The van der Waals surface area contributed by atoms with Crippen LogP contribution in [-0.4, -0.2) is 33.9 Å². The highest BCUT2D eigenvalue weighted by Gasteiger charge is 2.26. The van der Waals surface area contributed by atoms with E-state index in [-0.39, 0.29) is 11.8 Å². The van der Waals surface area contributed by atoms with Crippen molar-refractivity contribution in [3.05, 3.63) is 67.0 Å². The normalized spacial score (nSPS) is 17.0. The summed E-state index contributed by atoms with van der Waals surface area (Å²) in [5.41, 5.74) is 10.4. The fraction of sp³-hybridized carbons (Fsp3) is 0.227. The van der Waals surface area contributed by atoms with Crippen molar-refractivity contribution in [3.8, 4) is 11.1 Å². The number of nitrogen functional groups attached to an aromatic ring is 1. The van der Waals surface area contributed by atoms with Crippen LogP contribution in [0.3, 0.4) is 0 Å². The van der Waals surface area contributed by atoms with Crippen LogP contribution in [0.15, 0.2) is 61.4 Å². The molecule has 0 bridgehead atoms. The number of likely N-dealkylation sites (tertiary alicyclic amines) is 1. The van der Waals surface area contributed by atoms with Gasteiger partial charge in [-0.3, -0.25) is 4.79 Å². The molecule has 2 N–H and O–H groups in total. The van der Waals surface area contributed by atoms with Crippen LogP contribution in [0.2, 0.25) is 0 Å². The van der Waals surface area contributed by atoms with Crippen LogP contribution in [0, 0.1) is 0 Å². The van der Waals surface area contributed by atoms with E-state index in [9.17, 15) is 4.79 Å². The Morgan fingerprint density at radius 3 is 2.78 bits per heavy atom. The number of rotatable bonds is 3. The molecule has 1 aromatic heterocycles. The molecule has 1 aliphatic rings. The molecule has 0 aliphatic carbocycles. The molecule has 0 saturated carbocycles. The van der Waals surface area contributed by atoms with Crippen LogP contribution >= 0.6 is 0 Å². The lowest BCUT2D eigenvalue weighted by Crippen LogP contribution is -2.38. The topological polar surface area (TPSA) is 72.1 Å². The number of aromatic nitrogens is 2. The quantitative estimate of drug-likeness (QED) is 0.724. The minimum absolute atomic E-state index is 0.0163. The molecule has 2 heterocycles. The van der Waals surface area contributed by atoms with Crippen LogP contribution in [0.4, 0.5) is 5.82 Å². The van der Waals surface area contributed by atoms with Gasteiger partial charge in [0.2, 0.25) is 5.91 Å². The van der Waals surface area contributed by atoms with Gasteiger partial charge in [0.25, 0.3) is 0 Å². The third-order valence-corrected chi connectivity index (χ3v) is 5.25. The number of nitrogens with two attached hydrogens (primary N) is 1. The van der Waals surface area contributed by atoms with Crippen molar-refractivity contribution in [2.45, 2.75) is 18.8 Å². The van der Waals surface area contributed by atoms with Crippen LogP contribution in [0.25, 0.3) is 22.0 Å². The molecular formula is C22H22N4O. The van der Waals surface area contributed by atoms with E-state index in [0.717, 1.165) is 47.0 Å². The first-order valence-electron chi connectivity index (χ1n) is 9.18. The van der Waals surface area contributed by atoms with Gasteiger partial charge in [-0.15, -0.1) is 0 Å². The molecule has 0 radical (unpaired) electrons. The maximum Gasteiger partial charge on any atom is 0.245 e. The molecule has 27 heavy (non-hydrogen) atoms. The number of benzene rings is 2. The van der Waals surface area contributed by atoms with Crippen molar-refractivity contribution in [1.82, 2.24) is 14.9 Å². The number of hydrogen-bond donors (Lipinski definition) is 1. The summed E-state index contributed by atoms with van der Waals surface area (Å²) in [6.07, 6.45) is 4.87.